The predicted molar refractivity (Wildman–Crippen MR) is 224 cm³/mol. The van der Waals surface area contributed by atoms with Crippen LogP contribution in [0.2, 0.25) is 0 Å². The first-order chi connectivity index (χ1) is 27.3. The summed E-state index contributed by atoms with van der Waals surface area (Å²) in [5, 5.41) is 9.32. The zero-order valence-corrected chi connectivity index (χ0v) is 33.7. The van der Waals surface area contributed by atoms with Crippen molar-refractivity contribution in [2.75, 3.05) is 47.0 Å². The van der Waals surface area contributed by atoms with Crippen molar-refractivity contribution in [1.29, 1.82) is 5.26 Å². The number of hydrogen-bond donors (Lipinski definition) is 0. The van der Waals surface area contributed by atoms with E-state index >= 15 is 0 Å². The molecule has 0 unspecified atom stereocenters. The highest BCUT2D eigenvalue weighted by Crippen LogP contribution is 2.41. The number of amides is 1. The Balaban J connectivity index is 0.00000620. The van der Waals surface area contributed by atoms with E-state index in [0.29, 0.717) is 60.1 Å². The first-order valence-electron chi connectivity index (χ1n) is 18.8. The average Bonchev–Trinajstić information content (AvgIpc) is 3.23. The SMILES string of the molecule is COc1cc(C=CC(=O)N2CCN(Cc3ccc(CCOc4cccc(C(C)C)c4)cc3)CC2)cc(OC)c1Oc1ccc(OCc2ccccc2C#N)cn1.Cl. The first-order valence-corrected chi connectivity index (χ1v) is 18.8. The van der Waals surface area contributed by atoms with E-state index < -0.39 is 0 Å². The van der Waals surface area contributed by atoms with Crippen LogP contribution in [0.4, 0.5) is 0 Å². The number of nitrogens with zero attached hydrogens (tertiary/aromatic N) is 4. The van der Waals surface area contributed by atoms with Gasteiger partial charge in [0.2, 0.25) is 17.5 Å². The summed E-state index contributed by atoms with van der Waals surface area (Å²) in [5.41, 5.74) is 5.87. The molecule has 1 saturated heterocycles. The van der Waals surface area contributed by atoms with Crippen LogP contribution in [-0.4, -0.2) is 67.7 Å². The highest BCUT2D eigenvalue weighted by atomic mass is 35.5. The highest BCUT2D eigenvalue weighted by molar-refractivity contribution is 5.92. The number of carbonyl (C=O) groups is 1. The molecular formula is C46H49ClN4O6. The highest BCUT2D eigenvalue weighted by Gasteiger charge is 2.20. The molecule has 0 N–H and O–H groups in total. The lowest BCUT2D eigenvalue weighted by Gasteiger charge is -2.34. The number of hydrogen-bond acceptors (Lipinski definition) is 9. The van der Waals surface area contributed by atoms with Gasteiger partial charge in [0.05, 0.1) is 38.7 Å². The van der Waals surface area contributed by atoms with E-state index in [2.05, 4.69) is 72.3 Å². The molecule has 1 aliphatic heterocycles. The summed E-state index contributed by atoms with van der Waals surface area (Å²) >= 11 is 0. The zero-order valence-electron chi connectivity index (χ0n) is 32.9. The van der Waals surface area contributed by atoms with Crippen molar-refractivity contribution in [2.45, 2.75) is 39.3 Å². The summed E-state index contributed by atoms with van der Waals surface area (Å²) in [6.07, 6.45) is 5.75. The average molecular weight is 789 g/mol. The van der Waals surface area contributed by atoms with Crippen LogP contribution >= 0.6 is 12.4 Å². The van der Waals surface area contributed by atoms with Crippen molar-refractivity contribution in [3.05, 3.63) is 143 Å². The molecule has 0 aliphatic carbocycles. The topological polar surface area (TPSA) is 106 Å². The summed E-state index contributed by atoms with van der Waals surface area (Å²) in [5.74, 6) is 3.39. The minimum atomic E-state index is -0.0481. The molecule has 4 aromatic carbocycles. The van der Waals surface area contributed by atoms with Gasteiger partial charge in [0, 0.05) is 56.9 Å². The van der Waals surface area contributed by atoms with Gasteiger partial charge in [0.25, 0.3) is 0 Å². The van der Waals surface area contributed by atoms with Gasteiger partial charge < -0.3 is 28.6 Å². The molecule has 10 nitrogen and oxygen atoms in total. The molecule has 11 heteroatoms. The Morgan fingerprint density at radius 2 is 1.56 bits per heavy atom. The van der Waals surface area contributed by atoms with Crippen molar-refractivity contribution >= 4 is 24.4 Å². The van der Waals surface area contributed by atoms with E-state index in [4.69, 9.17) is 23.7 Å². The third-order valence-corrected chi connectivity index (χ3v) is 9.65. The molecule has 0 spiro atoms. The lowest BCUT2D eigenvalue weighted by Crippen LogP contribution is -2.47. The van der Waals surface area contributed by atoms with Crippen molar-refractivity contribution < 1.29 is 28.5 Å². The number of carbonyl (C=O) groups excluding carboxylic acids is 1. The van der Waals surface area contributed by atoms with Crippen LogP contribution < -0.4 is 23.7 Å². The summed E-state index contributed by atoms with van der Waals surface area (Å²) in [7, 11) is 3.09. The Morgan fingerprint density at radius 1 is 0.842 bits per heavy atom. The van der Waals surface area contributed by atoms with Gasteiger partial charge in [-0.15, -0.1) is 12.4 Å². The number of nitriles is 1. The third kappa shape index (κ3) is 11.7. The van der Waals surface area contributed by atoms with Crippen molar-refractivity contribution in [2.24, 2.45) is 0 Å². The van der Waals surface area contributed by atoms with Gasteiger partial charge in [0.15, 0.2) is 11.5 Å². The normalized spacial score (nSPS) is 12.8. The van der Waals surface area contributed by atoms with Crippen molar-refractivity contribution in [1.82, 2.24) is 14.8 Å². The number of aromatic nitrogens is 1. The lowest BCUT2D eigenvalue weighted by atomic mass is 10.0. The van der Waals surface area contributed by atoms with Gasteiger partial charge >= 0.3 is 0 Å². The molecule has 1 amide bonds. The summed E-state index contributed by atoms with van der Waals surface area (Å²) in [4.78, 5) is 21.8. The van der Waals surface area contributed by atoms with E-state index in [1.807, 2.05) is 29.2 Å². The molecule has 0 radical (unpaired) electrons. The smallest absolute Gasteiger partial charge is 0.246 e. The maximum absolute atomic E-state index is 13.2. The van der Waals surface area contributed by atoms with E-state index in [1.54, 1.807) is 62.9 Å². The summed E-state index contributed by atoms with van der Waals surface area (Å²) in [6, 6.07) is 33.5. The van der Waals surface area contributed by atoms with Crippen LogP contribution in [0.15, 0.2) is 109 Å². The number of benzene rings is 4. The van der Waals surface area contributed by atoms with Crippen LogP contribution in [0.3, 0.4) is 0 Å². The minimum absolute atomic E-state index is 0. The molecule has 0 bridgehead atoms. The Labute approximate surface area is 341 Å². The quantitative estimate of drug-likeness (QED) is 0.0907. The van der Waals surface area contributed by atoms with Gasteiger partial charge in [-0.25, -0.2) is 4.98 Å². The fraction of sp³-hybridized carbons (Fsp3) is 0.283. The number of pyridine rings is 1. The van der Waals surface area contributed by atoms with Gasteiger partial charge in [-0.2, -0.15) is 5.26 Å². The Hall–Kier alpha value is -6.02. The van der Waals surface area contributed by atoms with Gasteiger partial charge in [-0.05, 0) is 70.6 Å². The second-order valence-electron chi connectivity index (χ2n) is 13.8. The van der Waals surface area contributed by atoms with Crippen molar-refractivity contribution in [3.8, 4) is 40.7 Å². The fourth-order valence-electron chi connectivity index (χ4n) is 6.35. The summed E-state index contributed by atoms with van der Waals surface area (Å²) < 4.78 is 29.2. The molecule has 6 rings (SSSR count). The lowest BCUT2D eigenvalue weighted by molar-refractivity contribution is -0.127. The summed E-state index contributed by atoms with van der Waals surface area (Å²) in [6.45, 7) is 9.00. The van der Waals surface area contributed by atoms with E-state index in [1.165, 1.54) is 16.7 Å². The molecule has 57 heavy (non-hydrogen) atoms. The standard InChI is InChI=1S/C46H48N4O6.ClH/c1-33(2)37-10-7-11-40(28-37)54-25-20-34-12-14-35(15-13-34)31-49-21-23-50(24-22-49)45(51)19-16-36-26-42(52-3)46(43(27-36)53-4)56-44-18-17-41(30-48-44)55-32-39-9-6-5-8-38(39)29-47;/h5-19,26-28,30,33H,20-25,31-32H2,1-4H3;1H. The monoisotopic (exact) mass is 788 g/mol. The fourth-order valence-corrected chi connectivity index (χ4v) is 6.35. The van der Waals surface area contributed by atoms with Gasteiger partial charge in [0.1, 0.15) is 18.1 Å². The number of halogens is 1. The zero-order chi connectivity index (χ0) is 39.3. The van der Waals surface area contributed by atoms with Crippen LogP contribution in [0.5, 0.6) is 34.6 Å². The number of ether oxygens (including phenoxy) is 5. The molecule has 0 saturated carbocycles. The van der Waals surface area contributed by atoms with E-state index in [9.17, 15) is 10.1 Å². The largest absolute Gasteiger partial charge is 0.493 e. The third-order valence-electron chi connectivity index (χ3n) is 9.65. The van der Waals surface area contributed by atoms with Gasteiger partial charge in [-0.3, -0.25) is 9.69 Å². The predicted octanol–water partition coefficient (Wildman–Crippen LogP) is 8.87. The van der Waals surface area contributed by atoms with E-state index in [-0.39, 0.29) is 24.9 Å². The van der Waals surface area contributed by atoms with Gasteiger partial charge in [-0.1, -0.05) is 68.4 Å². The molecule has 296 valence electrons. The molecular weight excluding hydrogens is 740 g/mol. The maximum Gasteiger partial charge on any atom is 0.246 e. The molecule has 0 atom stereocenters. The number of piperazine rings is 1. The van der Waals surface area contributed by atoms with Crippen molar-refractivity contribution in [3.63, 3.8) is 0 Å². The molecule has 1 aromatic heterocycles. The Bertz CT molecular complexity index is 2120. The minimum Gasteiger partial charge on any atom is -0.493 e. The molecule has 2 heterocycles. The number of methoxy groups -OCH3 is 2. The maximum atomic E-state index is 13.2. The Morgan fingerprint density at radius 3 is 2.23 bits per heavy atom. The second-order valence-corrected chi connectivity index (χ2v) is 13.8. The van der Waals surface area contributed by atoms with E-state index in [0.717, 1.165) is 42.9 Å². The van der Waals surface area contributed by atoms with Crippen LogP contribution in [0, 0.1) is 11.3 Å². The van der Waals surface area contributed by atoms with Crippen LogP contribution in [0.25, 0.3) is 6.08 Å². The van der Waals surface area contributed by atoms with Crippen LogP contribution in [-0.2, 0) is 24.4 Å². The first kappa shape index (κ1) is 42.1. The second kappa shape index (κ2) is 20.8. The molecule has 1 fully saturated rings. The number of rotatable bonds is 16. The molecule has 5 aromatic rings. The van der Waals surface area contributed by atoms with Crippen LogP contribution in [0.1, 0.15) is 53.1 Å². The Kier molecular flexibility index (Phi) is 15.4. The molecule has 1 aliphatic rings.